The van der Waals surface area contributed by atoms with Crippen molar-refractivity contribution in [1.82, 2.24) is 4.98 Å². The second kappa shape index (κ2) is 7.77. The molecule has 0 fully saturated rings. The van der Waals surface area contributed by atoms with E-state index in [2.05, 4.69) is 4.98 Å². The Balaban J connectivity index is 1.63. The number of nitrogens with zero attached hydrogens (tertiary/aromatic N) is 2. The molecule has 0 aliphatic carbocycles. The van der Waals surface area contributed by atoms with Crippen molar-refractivity contribution in [2.75, 3.05) is 25.7 Å². The summed E-state index contributed by atoms with van der Waals surface area (Å²) in [6.45, 7) is 0.194. The van der Waals surface area contributed by atoms with Crippen LogP contribution in [0, 0.1) is 5.41 Å². The normalized spacial score (nSPS) is 13.9. The standard InChI is InChI=1S/C21H18ClN3O3S/c1-27-17-8-7-14(9-18(17)28-2)25-10-16(26)19(20(25)23)21-24-15(11-29-21)12-3-5-13(22)6-4-12/h3-9,11,23,26H,10H2,1-2H3. The fourth-order valence-electron chi connectivity index (χ4n) is 3.16. The van der Waals surface area contributed by atoms with Crippen LogP contribution in [0.4, 0.5) is 5.69 Å². The average molecular weight is 428 g/mol. The third kappa shape index (κ3) is 3.54. The molecule has 6 nitrogen and oxygen atoms in total. The lowest BCUT2D eigenvalue weighted by Gasteiger charge is -2.20. The Labute approximate surface area is 177 Å². The summed E-state index contributed by atoms with van der Waals surface area (Å²) in [5.74, 6) is 1.46. The summed E-state index contributed by atoms with van der Waals surface area (Å²) >= 11 is 7.34. The Morgan fingerprint density at radius 1 is 1.10 bits per heavy atom. The first-order valence-electron chi connectivity index (χ1n) is 8.74. The van der Waals surface area contributed by atoms with Crippen LogP contribution in [0.5, 0.6) is 11.5 Å². The molecule has 2 aromatic carbocycles. The summed E-state index contributed by atoms with van der Waals surface area (Å²) in [7, 11) is 3.13. The first kappa shape index (κ1) is 19.3. The van der Waals surface area contributed by atoms with Crippen molar-refractivity contribution in [2.24, 2.45) is 0 Å². The third-order valence-electron chi connectivity index (χ3n) is 4.64. The summed E-state index contributed by atoms with van der Waals surface area (Å²) in [5, 5.41) is 22.4. The molecule has 0 amide bonds. The Morgan fingerprint density at radius 3 is 2.52 bits per heavy atom. The highest BCUT2D eigenvalue weighted by atomic mass is 35.5. The van der Waals surface area contributed by atoms with E-state index in [-0.39, 0.29) is 18.1 Å². The van der Waals surface area contributed by atoms with Crippen LogP contribution in [-0.2, 0) is 0 Å². The number of rotatable bonds is 5. The predicted octanol–water partition coefficient (Wildman–Crippen LogP) is 5.25. The number of anilines is 1. The third-order valence-corrected chi connectivity index (χ3v) is 5.75. The van der Waals surface area contributed by atoms with Crippen molar-refractivity contribution < 1.29 is 14.6 Å². The highest BCUT2D eigenvalue weighted by molar-refractivity contribution is 7.11. The summed E-state index contributed by atoms with van der Waals surface area (Å²) in [4.78, 5) is 6.33. The second-order valence-electron chi connectivity index (χ2n) is 6.34. The number of benzene rings is 2. The molecule has 29 heavy (non-hydrogen) atoms. The van der Waals surface area contributed by atoms with Gasteiger partial charge in [-0.15, -0.1) is 11.3 Å². The van der Waals surface area contributed by atoms with Gasteiger partial charge in [0.15, 0.2) is 11.5 Å². The fraction of sp³-hybridized carbons (Fsp3) is 0.143. The maximum absolute atomic E-state index is 10.6. The summed E-state index contributed by atoms with van der Waals surface area (Å²) in [5.41, 5.74) is 2.87. The molecule has 148 valence electrons. The van der Waals surface area contributed by atoms with E-state index in [1.54, 1.807) is 31.3 Å². The van der Waals surface area contributed by atoms with Gasteiger partial charge in [-0.05, 0) is 24.3 Å². The van der Waals surface area contributed by atoms with Gasteiger partial charge >= 0.3 is 0 Å². The van der Waals surface area contributed by atoms with Gasteiger partial charge in [0, 0.05) is 27.7 Å². The molecule has 0 spiro atoms. The van der Waals surface area contributed by atoms with E-state index in [0.29, 0.717) is 27.1 Å². The van der Waals surface area contributed by atoms with Gasteiger partial charge in [-0.1, -0.05) is 23.7 Å². The van der Waals surface area contributed by atoms with Gasteiger partial charge in [-0.2, -0.15) is 0 Å². The van der Waals surface area contributed by atoms with Crippen LogP contribution in [0.1, 0.15) is 5.01 Å². The highest BCUT2D eigenvalue weighted by Gasteiger charge is 2.31. The summed E-state index contributed by atoms with van der Waals surface area (Å²) in [6.07, 6.45) is 0. The molecule has 1 aliphatic rings. The molecule has 0 radical (unpaired) electrons. The highest BCUT2D eigenvalue weighted by Crippen LogP contribution is 2.37. The summed E-state index contributed by atoms with van der Waals surface area (Å²) < 4.78 is 10.6. The van der Waals surface area contributed by atoms with E-state index >= 15 is 0 Å². The molecular weight excluding hydrogens is 410 g/mol. The van der Waals surface area contributed by atoms with Crippen molar-refractivity contribution in [3.63, 3.8) is 0 Å². The van der Waals surface area contributed by atoms with Crippen LogP contribution in [0.3, 0.4) is 0 Å². The minimum atomic E-state index is 0.113. The van der Waals surface area contributed by atoms with Crippen LogP contribution in [0.25, 0.3) is 16.8 Å². The largest absolute Gasteiger partial charge is 0.510 e. The zero-order chi connectivity index (χ0) is 20.5. The zero-order valence-corrected chi connectivity index (χ0v) is 17.3. The SMILES string of the molecule is COc1ccc(N2CC(O)=C(c3nc(-c4ccc(Cl)cc4)cs3)C2=N)cc1OC. The van der Waals surface area contributed by atoms with Gasteiger partial charge in [0.2, 0.25) is 0 Å². The molecule has 2 N–H and O–H groups in total. The van der Waals surface area contributed by atoms with Gasteiger partial charge in [0.05, 0.1) is 32.0 Å². The van der Waals surface area contributed by atoms with Crippen LogP contribution in [0.15, 0.2) is 53.6 Å². The molecule has 2 heterocycles. The van der Waals surface area contributed by atoms with E-state index in [4.69, 9.17) is 26.5 Å². The molecule has 0 saturated carbocycles. The van der Waals surface area contributed by atoms with Crippen molar-refractivity contribution in [1.29, 1.82) is 5.41 Å². The smallest absolute Gasteiger partial charge is 0.162 e. The first-order valence-corrected chi connectivity index (χ1v) is 10.00. The van der Waals surface area contributed by atoms with Crippen LogP contribution >= 0.6 is 22.9 Å². The minimum Gasteiger partial charge on any atom is -0.510 e. The number of halogens is 1. The number of ether oxygens (including phenoxy) is 2. The number of aliphatic hydroxyl groups excluding tert-OH is 1. The lowest BCUT2D eigenvalue weighted by atomic mass is 10.2. The number of amidine groups is 1. The van der Waals surface area contributed by atoms with E-state index < -0.39 is 0 Å². The second-order valence-corrected chi connectivity index (χ2v) is 7.64. The number of nitrogens with one attached hydrogen (secondary N) is 1. The van der Waals surface area contributed by atoms with Gasteiger partial charge in [-0.25, -0.2) is 4.98 Å². The molecule has 1 aromatic heterocycles. The van der Waals surface area contributed by atoms with E-state index in [9.17, 15) is 5.11 Å². The van der Waals surface area contributed by atoms with E-state index in [0.717, 1.165) is 16.9 Å². The Hall–Kier alpha value is -3.03. The van der Waals surface area contributed by atoms with Crippen molar-refractivity contribution in [3.8, 4) is 22.8 Å². The van der Waals surface area contributed by atoms with Gasteiger partial charge in [0.1, 0.15) is 16.6 Å². The molecular formula is C21H18ClN3O3S. The Kier molecular flexibility index (Phi) is 5.17. The van der Waals surface area contributed by atoms with Crippen LogP contribution < -0.4 is 14.4 Å². The average Bonchev–Trinajstić information content (AvgIpc) is 3.32. The van der Waals surface area contributed by atoms with Gasteiger partial charge in [0.25, 0.3) is 0 Å². The van der Waals surface area contributed by atoms with E-state index in [1.165, 1.54) is 11.3 Å². The molecule has 0 saturated heterocycles. The Bertz CT molecular complexity index is 1110. The number of aromatic nitrogens is 1. The van der Waals surface area contributed by atoms with Gasteiger partial charge in [-0.3, -0.25) is 5.41 Å². The topological polar surface area (TPSA) is 78.7 Å². The molecule has 4 rings (SSSR count). The molecule has 8 heteroatoms. The number of aliphatic hydroxyl groups is 1. The van der Waals surface area contributed by atoms with Crippen LogP contribution in [0.2, 0.25) is 5.02 Å². The molecule has 1 aliphatic heterocycles. The minimum absolute atomic E-state index is 0.113. The van der Waals surface area contributed by atoms with Crippen molar-refractivity contribution in [3.05, 3.63) is 63.6 Å². The molecule has 0 atom stereocenters. The lowest BCUT2D eigenvalue weighted by Crippen LogP contribution is -2.26. The lowest BCUT2D eigenvalue weighted by molar-refractivity contribution is 0.355. The number of hydrogen-bond acceptors (Lipinski definition) is 6. The number of hydrogen-bond donors (Lipinski definition) is 2. The fourth-order valence-corrected chi connectivity index (χ4v) is 4.18. The molecule has 0 unspecified atom stereocenters. The van der Waals surface area contributed by atoms with Crippen molar-refractivity contribution in [2.45, 2.75) is 0 Å². The molecule has 3 aromatic rings. The predicted molar refractivity (Wildman–Crippen MR) is 117 cm³/mol. The maximum Gasteiger partial charge on any atom is 0.162 e. The number of thiazole rings is 1. The number of methoxy groups -OCH3 is 2. The monoisotopic (exact) mass is 427 g/mol. The Morgan fingerprint density at radius 2 is 1.83 bits per heavy atom. The quantitative estimate of drug-likeness (QED) is 0.581. The van der Waals surface area contributed by atoms with Crippen molar-refractivity contribution >= 4 is 40.0 Å². The van der Waals surface area contributed by atoms with Gasteiger partial charge < -0.3 is 19.5 Å². The van der Waals surface area contributed by atoms with Crippen LogP contribution in [-0.4, -0.2) is 36.7 Å². The maximum atomic E-state index is 10.6. The summed E-state index contributed by atoms with van der Waals surface area (Å²) in [6, 6.07) is 12.8. The zero-order valence-electron chi connectivity index (χ0n) is 15.8. The first-order chi connectivity index (χ1) is 14.0. The molecule has 0 bridgehead atoms. The van der Waals surface area contributed by atoms with E-state index in [1.807, 2.05) is 35.7 Å².